The van der Waals surface area contributed by atoms with E-state index in [0.29, 0.717) is 21.3 Å². The average Bonchev–Trinajstić information content (AvgIpc) is 2.41. The predicted octanol–water partition coefficient (Wildman–Crippen LogP) is 4.14. The van der Waals surface area contributed by atoms with Gasteiger partial charge in [-0.15, -0.1) is 0 Å². The van der Waals surface area contributed by atoms with Gasteiger partial charge in [0.15, 0.2) is 5.78 Å². The van der Waals surface area contributed by atoms with Gasteiger partial charge in [0.2, 0.25) is 0 Å². The van der Waals surface area contributed by atoms with E-state index in [-0.39, 0.29) is 11.3 Å². The largest absolute Gasteiger partial charge is 0.496 e. The number of hydrogen-bond donors (Lipinski definition) is 0. The molecule has 19 heavy (non-hydrogen) atoms. The normalized spacial score (nSPS) is 10.3. The number of halogens is 2. The molecule has 0 aliphatic rings. The van der Waals surface area contributed by atoms with Crippen molar-refractivity contribution in [2.24, 2.45) is 0 Å². The SMILES string of the molecule is COc1cccc(C(=O)c2cc(Br)ccc2F)c1C. The molecule has 0 aliphatic carbocycles. The summed E-state index contributed by atoms with van der Waals surface area (Å²) >= 11 is 3.24. The molecule has 0 radical (unpaired) electrons. The Balaban J connectivity index is 2.53. The van der Waals surface area contributed by atoms with E-state index in [1.807, 2.05) is 0 Å². The first kappa shape index (κ1) is 13.7. The van der Waals surface area contributed by atoms with Crippen LogP contribution in [0.1, 0.15) is 21.5 Å². The highest BCUT2D eigenvalue weighted by atomic mass is 79.9. The third-order valence-electron chi connectivity index (χ3n) is 2.92. The lowest BCUT2D eigenvalue weighted by Crippen LogP contribution is -2.07. The van der Waals surface area contributed by atoms with Crippen LogP contribution in [-0.2, 0) is 0 Å². The van der Waals surface area contributed by atoms with Crippen LogP contribution in [0.2, 0.25) is 0 Å². The van der Waals surface area contributed by atoms with Gasteiger partial charge >= 0.3 is 0 Å². The van der Waals surface area contributed by atoms with Crippen molar-refractivity contribution in [2.75, 3.05) is 7.11 Å². The van der Waals surface area contributed by atoms with E-state index in [1.165, 1.54) is 19.2 Å². The fourth-order valence-electron chi connectivity index (χ4n) is 1.90. The van der Waals surface area contributed by atoms with Crippen LogP contribution in [0, 0.1) is 12.7 Å². The van der Waals surface area contributed by atoms with Crippen molar-refractivity contribution >= 4 is 21.7 Å². The summed E-state index contributed by atoms with van der Waals surface area (Å²) in [5, 5.41) is 0. The van der Waals surface area contributed by atoms with E-state index in [4.69, 9.17) is 4.74 Å². The number of ketones is 1. The lowest BCUT2D eigenvalue weighted by atomic mass is 9.98. The van der Waals surface area contributed by atoms with Crippen LogP contribution in [-0.4, -0.2) is 12.9 Å². The second-order valence-electron chi connectivity index (χ2n) is 4.09. The van der Waals surface area contributed by atoms with Gasteiger partial charge in [0.1, 0.15) is 11.6 Å². The van der Waals surface area contributed by atoms with Crippen molar-refractivity contribution in [1.29, 1.82) is 0 Å². The molecule has 4 heteroatoms. The quantitative estimate of drug-likeness (QED) is 0.794. The van der Waals surface area contributed by atoms with Crippen molar-refractivity contribution in [2.45, 2.75) is 6.92 Å². The molecular weight excluding hydrogens is 311 g/mol. The first-order chi connectivity index (χ1) is 9.04. The smallest absolute Gasteiger partial charge is 0.196 e. The minimum Gasteiger partial charge on any atom is -0.496 e. The maximum absolute atomic E-state index is 13.7. The number of methoxy groups -OCH3 is 1. The van der Waals surface area contributed by atoms with E-state index in [1.54, 1.807) is 31.2 Å². The molecule has 0 bridgehead atoms. The summed E-state index contributed by atoms with van der Waals surface area (Å²) in [6.45, 7) is 1.78. The Kier molecular flexibility index (Phi) is 4.00. The highest BCUT2D eigenvalue weighted by Gasteiger charge is 2.17. The molecule has 0 unspecified atom stereocenters. The summed E-state index contributed by atoms with van der Waals surface area (Å²) in [6.07, 6.45) is 0. The maximum atomic E-state index is 13.7. The second-order valence-corrected chi connectivity index (χ2v) is 5.00. The third kappa shape index (κ3) is 2.68. The highest BCUT2D eigenvalue weighted by molar-refractivity contribution is 9.10. The van der Waals surface area contributed by atoms with E-state index in [9.17, 15) is 9.18 Å². The number of ether oxygens (including phenoxy) is 1. The fraction of sp³-hybridized carbons (Fsp3) is 0.133. The van der Waals surface area contributed by atoms with Gasteiger partial charge in [-0.25, -0.2) is 4.39 Å². The molecule has 0 spiro atoms. The zero-order chi connectivity index (χ0) is 14.0. The van der Waals surface area contributed by atoms with Crippen LogP contribution in [0.3, 0.4) is 0 Å². The van der Waals surface area contributed by atoms with Crippen LogP contribution in [0.25, 0.3) is 0 Å². The minimum atomic E-state index is -0.532. The van der Waals surface area contributed by atoms with E-state index in [0.717, 1.165) is 0 Å². The van der Waals surface area contributed by atoms with Gasteiger partial charge in [0.05, 0.1) is 12.7 Å². The molecule has 2 rings (SSSR count). The van der Waals surface area contributed by atoms with E-state index in [2.05, 4.69) is 15.9 Å². The van der Waals surface area contributed by atoms with Crippen molar-refractivity contribution in [3.63, 3.8) is 0 Å². The average molecular weight is 323 g/mol. The Morgan fingerprint density at radius 3 is 2.63 bits per heavy atom. The van der Waals surface area contributed by atoms with Crippen molar-refractivity contribution in [1.82, 2.24) is 0 Å². The standard InChI is InChI=1S/C15H12BrFO2/c1-9-11(4-3-5-14(9)19-2)15(18)12-8-10(16)6-7-13(12)17/h3-8H,1-2H3. The lowest BCUT2D eigenvalue weighted by Gasteiger charge is -2.10. The Labute approximate surface area is 119 Å². The first-order valence-electron chi connectivity index (χ1n) is 5.68. The summed E-state index contributed by atoms with van der Waals surface area (Å²) in [4.78, 5) is 12.4. The van der Waals surface area contributed by atoms with Crippen LogP contribution >= 0.6 is 15.9 Å². The molecule has 2 aromatic rings. The monoisotopic (exact) mass is 322 g/mol. The molecule has 2 aromatic carbocycles. The summed E-state index contributed by atoms with van der Waals surface area (Å²) in [6, 6.07) is 9.47. The van der Waals surface area contributed by atoms with Gasteiger partial charge in [-0.1, -0.05) is 28.1 Å². The van der Waals surface area contributed by atoms with Gasteiger partial charge in [0.25, 0.3) is 0 Å². The van der Waals surface area contributed by atoms with E-state index >= 15 is 0 Å². The Morgan fingerprint density at radius 2 is 1.95 bits per heavy atom. The molecule has 0 N–H and O–H groups in total. The number of carbonyl (C=O) groups is 1. The van der Waals surface area contributed by atoms with Crippen molar-refractivity contribution in [3.8, 4) is 5.75 Å². The summed E-state index contributed by atoms with van der Waals surface area (Å²) in [5.74, 6) is -0.271. The molecule has 0 atom stereocenters. The molecule has 0 aromatic heterocycles. The van der Waals surface area contributed by atoms with E-state index < -0.39 is 5.82 Å². The van der Waals surface area contributed by atoms with Crippen LogP contribution < -0.4 is 4.74 Å². The molecule has 0 amide bonds. The minimum absolute atomic E-state index is 0.0470. The van der Waals surface area contributed by atoms with Crippen LogP contribution in [0.5, 0.6) is 5.75 Å². The van der Waals surface area contributed by atoms with Crippen molar-refractivity contribution in [3.05, 3.63) is 63.4 Å². The zero-order valence-corrected chi connectivity index (χ0v) is 12.1. The molecule has 0 aliphatic heterocycles. The van der Waals surface area contributed by atoms with Crippen LogP contribution in [0.15, 0.2) is 40.9 Å². The van der Waals surface area contributed by atoms with Gasteiger partial charge in [-0.2, -0.15) is 0 Å². The zero-order valence-electron chi connectivity index (χ0n) is 10.5. The molecule has 0 fully saturated rings. The highest BCUT2D eigenvalue weighted by Crippen LogP contribution is 2.25. The number of hydrogen-bond acceptors (Lipinski definition) is 2. The van der Waals surface area contributed by atoms with Crippen LogP contribution in [0.4, 0.5) is 4.39 Å². The molecule has 0 heterocycles. The molecule has 0 saturated carbocycles. The Morgan fingerprint density at radius 1 is 1.21 bits per heavy atom. The third-order valence-corrected chi connectivity index (χ3v) is 3.41. The summed E-state index contributed by atoms with van der Waals surface area (Å²) < 4.78 is 19.6. The molecule has 2 nitrogen and oxygen atoms in total. The molecular formula is C15H12BrFO2. The lowest BCUT2D eigenvalue weighted by molar-refractivity contribution is 0.103. The maximum Gasteiger partial charge on any atom is 0.196 e. The van der Waals surface area contributed by atoms with Gasteiger partial charge < -0.3 is 4.74 Å². The summed E-state index contributed by atoms with van der Waals surface area (Å²) in [7, 11) is 1.54. The number of carbonyl (C=O) groups excluding carboxylic acids is 1. The summed E-state index contributed by atoms with van der Waals surface area (Å²) in [5.41, 5.74) is 1.19. The first-order valence-corrected chi connectivity index (χ1v) is 6.47. The fourth-order valence-corrected chi connectivity index (χ4v) is 2.26. The molecule has 0 saturated heterocycles. The number of rotatable bonds is 3. The van der Waals surface area contributed by atoms with Gasteiger partial charge in [0, 0.05) is 15.6 Å². The molecule has 98 valence electrons. The number of benzene rings is 2. The predicted molar refractivity (Wildman–Crippen MR) is 75.3 cm³/mol. The van der Waals surface area contributed by atoms with Gasteiger partial charge in [-0.05, 0) is 31.2 Å². The van der Waals surface area contributed by atoms with Crippen molar-refractivity contribution < 1.29 is 13.9 Å². The second kappa shape index (κ2) is 5.53. The van der Waals surface area contributed by atoms with Gasteiger partial charge in [-0.3, -0.25) is 4.79 Å². The Bertz CT molecular complexity index is 638. The Hall–Kier alpha value is -1.68. The topological polar surface area (TPSA) is 26.3 Å².